The molecule has 1 aliphatic heterocycles. The van der Waals surface area contributed by atoms with Gasteiger partial charge in [-0.3, -0.25) is 0 Å². The van der Waals surface area contributed by atoms with E-state index in [1.54, 1.807) is 6.07 Å². The Morgan fingerprint density at radius 3 is 2.22 bits per heavy atom. The maximum atomic E-state index is 13.1. The zero-order chi connectivity index (χ0) is 19.3. The second-order valence-electron chi connectivity index (χ2n) is 5.85. The van der Waals surface area contributed by atoms with Crippen molar-refractivity contribution in [2.75, 3.05) is 0 Å². The number of phenols is 1. The molecule has 4 rings (SSSR count). The van der Waals surface area contributed by atoms with Gasteiger partial charge in [0.15, 0.2) is 4.90 Å². The number of rotatable bonds is 2. The Balaban J connectivity index is 2.05. The molecule has 3 aromatic rings. The molecule has 0 unspecified atom stereocenters. The van der Waals surface area contributed by atoms with Gasteiger partial charge in [-0.2, -0.15) is 0 Å². The number of sulfone groups is 1. The van der Waals surface area contributed by atoms with Crippen LogP contribution in [-0.2, 0) is 9.84 Å². The Kier molecular flexibility index (Phi) is 3.83. The fourth-order valence-electron chi connectivity index (χ4n) is 2.95. The van der Waals surface area contributed by atoms with E-state index in [0.717, 1.165) is 12.1 Å². The third kappa shape index (κ3) is 2.61. The predicted octanol–water partition coefficient (Wildman–Crippen LogP) is 4.39. The lowest BCUT2D eigenvalue weighted by atomic mass is 10.1. The van der Waals surface area contributed by atoms with Gasteiger partial charge in [0.2, 0.25) is 9.84 Å². The quantitative estimate of drug-likeness (QED) is 0.501. The van der Waals surface area contributed by atoms with E-state index in [-0.39, 0.29) is 32.7 Å². The average Bonchev–Trinajstić information content (AvgIpc) is 2.66. The Bertz CT molecular complexity index is 1240. The van der Waals surface area contributed by atoms with Gasteiger partial charge < -0.3 is 5.11 Å². The average molecular weight is 403 g/mol. The van der Waals surface area contributed by atoms with Gasteiger partial charge in [-0.25, -0.2) is 8.42 Å². The second-order valence-corrected chi connectivity index (χ2v) is 8.20. The van der Waals surface area contributed by atoms with Gasteiger partial charge in [-0.1, -0.05) is 29.8 Å². The maximum absolute atomic E-state index is 13.1. The molecule has 0 amide bonds. The molecule has 27 heavy (non-hydrogen) atoms. The molecule has 0 saturated carbocycles. The number of nitroso groups, excluding NO2 is 2. The van der Waals surface area contributed by atoms with E-state index in [1.165, 1.54) is 42.5 Å². The van der Waals surface area contributed by atoms with E-state index < -0.39 is 20.5 Å². The van der Waals surface area contributed by atoms with Crippen LogP contribution in [0.4, 0.5) is 22.7 Å². The molecule has 0 saturated heterocycles. The predicted molar refractivity (Wildman–Crippen MR) is 101 cm³/mol. The fraction of sp³-hybridized carbons (Fsp3) is 0. The molecule has 7 nitrogen and oxygen atoms in total. The minimum Gasteiger partial charge on any atom is -0.508 e. The molecule has 0 atom stereocenters. The lowest BCUT2D eigenvalue weighted by Crippen LogP contribution is -2.17. The van der Waals surface area contributed by atoms with Crippen molar-refractivity contribution in [3.05, 3.63) is 75.5 Å². The minimum atomic E-state index is -4.17. The summed E-state index contributed by atoms with van der Waals surface area (Å²) in [5.74, 6) is -0.449. The zero-order valence-electron chi connectivity index (χ0n) is 13.5. The van der Waals surface area contributed by atoms with Crippen molar-refractivity contribution in [3.8, 4) is 5.75 Å². The van der Waals surface area contributed by atoms with Crippen molar-refractivity contribution in [1.29, 1.82) is 0 Å². The van der Waals surface area contributed by atoms with Crippen LogP contribution in [0.5, 0.6) is 5.75 Å². The first kappa shape index (κ1) is 17.3. The van der Waals surface area contributed by atoms with Gasteiger partial charge in [0.25, 0.3) is 0 Å². The number of fused-ring (bicyclic) bond motifs is 2. The molecule has 0 spiro atoms. The second kappa shape index (κ2) is 5.97. The Morgan fingerprint density at radius 2 is 1.52 bits per heavy atom. The van der Waals surface area contributed by atoms with Crippen LogP contribution >= 0.6 is 11.6 Å². The number of aromatic hydroxyl groups is 1. The maximum Gasteiger partial charge on any atom is 0.358 e. The first-order valence-electron chi connectivity index (χ1n) is 7.72. The van der Waals surface area contributed by atoms with Crippen molar-refractivity contribution < 1.29 is 13.5 Å². The van der Waals surface area contributed by atoms with E-state index in [2.05, 4.69) is 0 Å². The summed E-state index contributed by atoms with van der Waals surface area (Å²) >= 11 is 5.92. The number of hydrogen-bond donors (Lipinski definition) is 1. The molecule has 0 radical (unpaired) electrons. The van der Waals surface area contributed by atoms with Crippen LogP contribution in [0.3, 0.4) is 0 Å². The number of benzene rings is 3. The summed E-state index contributed by atoms with van der Waals surface area (Å²) < 4.78 is 26.9. The molecule has 9 heteroatoms. The monoisotopic (exact) mass is 402 g/mol. The molecule has 0 aliphatic carbocycles. The van der Waals surface area contributed by atoms with Gasteiger partial charge in [0.1, 0.15) is 5.75 Å². The number of phenolic OH excluding ortho intramolecular Hbond substituents is 1. The van der Waals surface area contributed by atoms with Crippen LogP contribution in [-0.4, -0.2) is 13.5 Å². The Morgan fingerprint density at radius 1 is 0.815 bits per heavy atom. The van der Waals surface area contributed by atoms with Gasteiger partial charge >= 0.3 is 22.7 Å². The first-order valence-corrected chi connectivity index (χ1v) is 9.58. The van der Waals surface area contributed by atoms with E-state index >= 15 is 0 Å². The largest absolute Gasteiger partial charge is 0.508 e. The smallest absolute Gasteiger partial charge is 0.358 e. The number of nitrogens with zero attached hydrogens (tertiary/aromatic N) is 2. The number of halogens is 1. The van der Waals surface area contributed by atoms with Crippen LogP contribution in [0.1, 0.15) is 0 Å². The van der Waals surface area contributed by atoms with Crippen LogP contribution in [0.2, 0.25) is 5.02 Å². The summed E-state index contributed by atoms with van der Waals surface area (Å²) in [6.45, 7) is 0. The molecule has 1 N–H and O–H groups in total. The summed E-state index contributed by atoms with van der Waals surface area (Å²) in [5.41, 5.74) is -0.730. The zero-order valence-corrected chi connectivity index (χ0v) is 15.1. The molecule has 0 bridgehead atoms. The van der Waals surface area contributed by atoms with Crippen molar-refractivity contribution >= 4 is 44.2 Å². The SMILES string of the molecule is O=[N+]1c2ccc(Cl)cc2[N+](=O)c2c1cc(O)cc2S(=O)(=O)c1ccccc1. The summed E-state index contributed by atoms with van der Waals surface area (Å²) in [6, 6.07) is 13.5. The standard InChI is InChI=1S/C18H10ClN2O5S/c19-11-6-7-14-15(8-11)21(24)18-16(20(14)23)9-12(22)10-17(18)27(25,26)13-4-2-1-3-5-13/h1-10H/q+1/p+1. The summed E-state index contributed by atoms with van der Waals surface area (Å²) in [5, 5.41) is 10.2. The minimum absolute atomic E-state index is 0.00411. The lowest BCUT2D eigenvalue weighted by Gasteiger charge is -2.09. The highest BCUT2D eigenvalue weighted by Gasteiger charge is 2.50. The van der Waals surface area contributed by atoms with Crippen molar-refractivity contribution in [2.45, 2.75) is 9.79 Å². The third-order valence-corrected chi connectivity index (χ3v) is 6.20. The third-order valence-electron chi connectivity index (χ3n) is 4.18. The normalized spacial score (nSPS) is 13.2. The van der Waals surface area contributed by atoms with Crippen LogP contribution in [0.25, 0.3) is 0 Å². The van der Waals surface area contributed by atoms with Gasteiger partial charge in [0, 0.05) is 33.0 Å². The highest BCUT2D eigenvalue weighted by atomic mass is 35.5. The molecular weight excluding hydrogens is 392 g/mol. The van der Waals surface area contributed by atoms with E-state index in [4.69, 9.17) is 11.6 Å². The molecular formula is C18H11ClN2O5S+2. The highest BCUT2D eigenvalue weighted by Crippen LogP contribution is 2.48. The Hall–Kier alpha value is -3.10. The molecule has 0 fully saturated rings. The van der Waals surface area contributed by atoms with Gasteiger partial charge in [0.05, 0.1) is 20.5 Å². The van der Waals surface area contributed by atoms with Crippen molar-refractivity contribution in [1.82, 2.24) is 9.52 Å². The molecule has 0 aromatic heterocycles. The molecule has 1 heterocycles. The topological polar surface area (TPSA) is 94.5 Å². The van der Waals surface area contributed by atoms with Crippen molar-refractivity contribution in [3.63, 3.8) is 0 Å². The van der Waals surface area contributed by atoms with Gasteiger partial charge in [-0.05, 0) is 18.2 Å². The van der Waals surface area contributed by atoms with Gasteiger partial charge in [-0.15, -0.1) is 0 Å². The molecule has 134 valence electrons. The molecule has 3 aromatic carbocycles. The van der Waals surface area contributed by atoms with E-state index in [0.29, 0.717) is 9.52 Å². The van der Waals surface area contributed by atoms with E-state index in [1.807, 2.05) is 0 Å². The van der Waals surface area contributed by atoms with Crippen molar-refractivity contribution in [2.24, 2.45) is 0 Å². The summed E-state index contributed by atoms with van der Waals surface area (Å²) in [4.78, 5) is 25.2. The summed E-state index contributed by atoms with van der Waals surface area (Å²) in [6.07, 6.45) is 0. The van der Waals surface area contributed by atoms with E-state index in [9.17, 15) is 23.3 Å². The highest BCUT2D eigenvalue weighted by molar-refractivity contribution is 7.91. The summed E-state index contributed by atoms with van der Waals surface area (Å²) in [7, 11) is -4.17. The lowest BCUT2D eigenvalue weighted by molar-refractivity contribution is 0.472. The van der Waals surface area contributed by atoms with Crippen LogP contribution < -0.4 is 9.52 Å². The first-order chi connectivity index (χ1) is 12.8. The number of hydrogen-bond acceptors (Lipinski definition) is 5. The Labute approximate surface area is 158 Å². The van der Waals surface area contributed by atoms with Crippen LogP contribution in [0.15, 0.2) is 70.5 Å². The fourth-order valence-corrected chi connectivity index (χ4v) is 4.60. The molecule has 1 aliphatic rings. The van der Waals surface area contributed by atoms with Crippen LogP contribution in [0, 0.1) is 9.81 Å².